The Hall–Kier alpha value is -3.30. The SMILES string of the molecule is Cc1ccc(C(=O)NNc2oc(-c3ccc(Cl)cc3)nc2C#N)cc1. The van der Waals surface area contributed by atoms with E-state index in [9.17, 15) is 10.1 Å². The molecule has 2 N–H and O–H groups in total. The summed E-state index contributed by atoms with van der Waals surface area (Å²) < 4.78 is 5.53. The first-order valence-electron chi connectivity index (χ1n) is 7.36. The Bertz CT molecular complexity index is 941. The molecule has 0 aliphatic carbocycles. The van der Waals surface area contributed by atoms with E-state index in [2.05, 4.69) is 15.8 Å². The predicted molar refractivity (Wildman–Crippen MR) is 93.9 cm³/mol. The van der Waals surface area contributed by atoms with E-state index in [1.54, 1.807) is 36.4 Å². The maximum absolute atomic E-state index is 12.1. The van der Waals surface area contributed by atoms with Gasteiger partial charge in [0.15, 0.2) is 0 Å². The lowest BCUT2D eigenvalue weighted by atomic mass is 10.1. The number of aryl methyl sites for hydroxylation is 1. The summed E-state index contributed by atoms with van der Waals surface area (Å²) >= 11 is 5.85. The smallest absolute Gasteiger partial charge is 0.269 e. The number of rotatable bonds is 4. The second kappa shape index (κ2) is 7.07. The number of amides is 1. The Labute approximate surface area is 149 Å². The van der Waals surface area contributed by atoms with E-state index in [-0.39, 0.29) is 23.4 Å². The van der Waals surface area contributed by atoms with Gasteiger partial charge in [-0.05, 0) is 43.3 Å². The van der Waals surface area contributed by atoms with Crippen molar-refractivity contribution in [1.82, 2.24) is 10.4 Å². The number of hydrazine groups is 1. The largest absolute Gasteiger partial charge is 0.417 e. The standard InChI is InChI=1S/C18H13ClN4O2/c1-11-2-4-12(5-3-11)16(24)22-23-18-15(10-20)21-17(25-18)13-6-8-14(19)9-7-13/h2-9,23H,1H3,(H,22,24). The lowest BCUT2D eigenvalue weighted by molar-refractivity contribution is 0.0961. The maximum atomic E-state index is 12.1. The first-order valence-corrected chi connectivity index (χ1v) is 7.74. The minimum Gasteiger partial charge on any atom is -0.417 e. The molecule has 0 unspecified atom stereocenters. The van der Waals surface area contributed by atoms with Crippen LogP contribution in [0.25, 0.3) is 11.5 Å². The van der Waals surface area contributed by atoms with E-state index in [0.717, 1.165) is 5.56 Å². The Morgan fingerprint density at radius 2 is 1.84 bits per heavy atom. The average molecular weight is 353 g/mol. The molecule has 0 atom stereocenters. The molecule has 2 aromatic carbocycles. The van der Waals surface area contributed by atoms with Gasteiger partial charge in [0.1, 0.15) is 6.07 Å². The van der Waals surface area contributed by atoms with Crippen molar-refractivity contribution in [2.75, 3.05) is 5.43 Å². The molecule has 1 aromatic heterocycles. The van der Waals surface area contributed by atoms with E-state index in [0.29, 0.717) is 16.1 Å². The van der Waals surface area contributed by atoms with Gasteiger partial charge in [0.05, 0.1) is 0 Å². The summed E-state index contributed by atoms with van der Waals surface area (Å²) in [5, 5.41) is 9.77. The molecule has 124 valence electrons. The van der Waals surface area contributed by atoms with Gasteiger partial charge in [0, 0.05) is 16.1 Å². The van der Waals surface area contributed by atoms with Crippen LogP contribution in [-0.2, 0) is 0 Å². The summed E-state index contributed by atoms with van der Waals surface area (Å²) in [6.45, 7) is 1.94. The molecule has 0 spiro atoms. The molecular weight excluding hydrogens is 340 g/mol. The van der Waals surface area contributed by atoms with Crippen molar-refractivity contribution >= 4 is 23.4 Å². The first-order chi connectivity index (χ1) is 12.1. The second-order valence-corrected chi connectivity index (χ2v) is 5.70. The van der Waals surface area contributed by atoms with Gasteiger partial charge in [0.25, 0.3) is 11.8 Å². The predicted octanol–water partition coefficient (Wildman–Crippen LogP) is 3.93. The second-order valence-electron chi connectivity index (χ2n) is 5.26. The molecular formula is C18H13ClN4O2. The average Bonchev–Trinajstić information content (AvgIpc) is 3.04. The van der Waals surface area contributed by atoms with Crippen LogP contribution in [0.15, 0.2) is 52.9 Å². The molecule has 0 bridgehead atoms. The maximum Gasteiger partial charge on any atom is 0.269 e. The number of nitriles is 1. The third-order valence-corrected chi connectivity index (χ3v) is 3.68. The minimum absolute atomic E-state index is 0.0363. The van der Waals surface area contributed by atoms with Crippen LogP contribution >= 0.6 is 11.6 Å². The lowest BCUT2D eigenvalue weighted by Crippen LogP contribution is -2.29. The summed E-state index contributed by atoms with van der Waals surface area (Å²) in [6.07, 6.45) is 0. The number of benzene rings is 2. The molecule has 7 heteroatoms. The molecule has 3 aromatic rings. The summed E-state index contributed by atoms with van der Waals surface area (Å²) in [5.74, 6) is -0.0402. The van der Waals surface area contributed by atoms with Crippen LogP contribution in [0.1, 0.15) is 21.6 Å². The fourth-order valence-electron chi connectivity index (χ4n) is 2.09. The van der Waals surface area contributed by atoms with Gasteiger partial charge in [-0.2, -0.15) is 10.2 Å². The van der Waals surface area contributed by atoms with Crippen molar-refractivity contribution in [3.05, 3.63) is 70.4 Å². The zero-order valence-electron chi connectivity index (χ0n) is 13.2. The van der Waals surface area contributed by atoms with Crippen LogP contribution < -0.4 is 10.9 Å². The number of nitrogens with zero attached hydrogens (tertiary/aromatic N) is 2. The number of anilines is 1. The van der Waals surface area contributed by atoms with Gasteiger partial charge < -0.3 is 4.42 Å². The lowest BCUT2D eigenvalue weighted by Gasteiger charge is -2.06. The van der Waals surface area contributed by atoms with E-state index < -0.39 is 0 Å². The molecule has 0 radical (unpaired) electrons. The molecule has 6 nitrogen and oxygen atoms in total. The van der Waals surface area contributed by atoms with Crippen molar-refractivity contribution < 1.29 is 9.21 Å². The number of carbonyl (C=O) groups is 1. The van der Waals surface area contributed by atoms with Crippen molar-refractivity contribution in [3.8, 4) is 17.5 Å². The van der Waals surface area contributed by atoms with Gasteiger partial charge in [-0.15, -0.1) is 0 Å². The Kier molecular flexibility index (Phi) is 4.68. The highest BCUT2D eigenvalue weighted by molar-refractivity contribution is 6.30. The molecule has 0 saturated carbocycles. The number of nitrogens with one attached hydrogen (secondary N) is 2. The van der Waals surface area contributed by atoms with Crippen LogP contribution in [-0.4, -0.2) is 10.9 Å². The molecule has 0 saturated heterocycles. The van der Waals surface area contributed by atoms with Crippen LogP contribution in [0.2, 0.25) is 5.02 Å². The molecule has 1 heterocycles. The van der Waals surface area contributed by atoms with Crippen LogP contribution in [0.5, 0.6) is 0 Å². The number of hydrogen-bond donors (Lipinski definition) is 2. The summed E-state index contributed by atoms with van der Waals surface area (Å²) in [5.41, 5.74) is 7.33. The highest BCUT2D eigenvalue weighted by Crippen LogP contribution is 2.25. The van der Waals surface area contributed by atoms with E-state index >= 15 is 0 Å². The Morgan fingerprint density at radius 3 is 2.48 bits per heavy atom. The highest BCUT2D eigenvalue weighted by Gasteiger charge is 2.15. The summed E-state index contributed by atoms with van der Waals surface area (Å²) in [4.78, 5) is 16.2. The fourth-order valence-corrected chi connectivity index (χ4v) is 2.21. The zero-order valence-corrected chi connectivity index (χ0v) is 14.0. The molecule has 0 fully saturated rings. The molecule has 3 rings (SSSR count). The van der Waals surface area contributed by atoms with Gasteiger partial charge in [-0.25, -0.2) is 0 Å². The van der Waals surface area contributed by atoms with Crippen molar-refractivity contribution in [3.63, 3.8) is 0 Å². The number of oxazole rings is 1. The Balaban J connectivity index is 1.76. The van der Waals surface area contributed by atoms with Gasteiger partial charge in [0.2, 0.25) is 11.6 Å². The highest BCUT2D eigenvalue weighted by atomic mass is 35.5. The van der Waals surface area contributed by atoms with E-state index in [4.69, 9.17) is 16.0 Å². The zero-order chi connectivity index (χ0) is 17.8. The summed E-state index contributed by atoms with van der Waals surface area (Å²) in [7, 11) is 0. The van der Waals surface area contributed by atoms with E-state index in [1.807, 2.05) is 25.1 Å². The third kappa shape index (κ3) is 3.79. The topological polar surface area (TPSA) is 90.9 Å². The molecule has 1 amide bonds. The number of carbonyl (C=O) groups excluding carboxylic acids is 1. The van der Waals surface area contributed by atoms with Gasteiger partial charge in [-0.1, -0.05) is 29.3 Å². The fraction of sp³-hybridized carbons (Fsp3) is 0.0556. The monoisotopic (exact) mass is 352 g/mol. The van der Waals surface area contributed by atoms with Crippen molar-refractivity contribution in [1.29, 1.82) is 5.26 Å². The first kappa shape index (κ1) is 16.6. The molecule has 0 aliphatic rings. The quantitative estimate of drug-likeness (QED) is 0.694. The van der Waals surface area contributed by atoms with Crippen LogP contribution in [0, 0.1) is 18.3 Å². The third-order valence-electron chi connectivity index (χ3n) is 3.43. The number of halogens is 1. The van der Waals surface area contributed by atoms with E-state index in [1.165, 1.54) is 0 Å². The number of hydrogen-bond acceptors (Lipinski definition) is 5. The Morgan fingerprint density at radius 1 is 1.16 bits per heavy atom. The molecule has 0 aliphatic heterocycles. The molecule has 25 heavy (non-hydrogen) atoms. The van der Waals surface area contributed by atoms with Crippen LogP contribution in [0.4, 0.5) is 5.88 Å². The summed E-state index contributed by atoms with van der Waals surface area (Å²) in [6, 6.07) is 15.8. The van der Waals surface area contributed by atoms with Crippen LogP contribution in [0.3, 0.4) is 0 Å². The van der Waals surface area contributed by atoms with Gasteiger partial charge >= 0.3 is 0 Å². The van der Waals surface area contributed by atoms with Gasteiger partial charge in [-0.3, -0.25) is 15.6 Å². The van der Waals surface area contributed by atoms with Crippen molar-refractivity contribution in [2.45, 2.75) is 6.92 Å². The number of aromatic nitrogens is 1. The van der Waals surface area contributed by atoms with Crippen molar-refractivity contribution in [2.24, 2.45) is 0 Å². The normalized spacial score (nSPS) is 10.1. The minimum atomic E-state index is -0.353.